The van der Waals surface area contributed by atoms with Gasteiger partial charge >= 0.3 is 0 Å². The van der Waals surface area contributed by atoms with Crippen LogP contribution >= 0.6 is 0 Å². The molecule has 4 rings (SSSR count). The average Bonchev–Trinajstić information content (AvgIpc) is 3.14. The van der Waals surface area contributed by atoms with Gasteiger partial charge in [-0.1, -0.05) is 25.7 Å². The van der Waals surface area contributed by atoms with Crippen molar-refractivity contribution in [1.29, 1.82) is 0 Å². The fraction of sp³-hybridized carbons (Fsp3) is 0.682. The number of halogens is 1. The highest BCUT2D eigenvalue weighted by Crippen LogP contribution is 2.48. The van der Waals surface area contributed by atoms with Gasteiger partial charge < -0.3 is 10.2 Å². The summed E-state index contributed by atoms with van der Waals surface area (Å²) in [4.78, 5) is 31.1. The number of nitrogens with zero attached hydrogens (tertiary/aromatic N) is 2. The first-order chi connectivity index (χ1) is 13.6. The van der Waals surface area contributed by atoms with Crippen LogP contribution < -0.4 is 5.32 Å². The van der Waals surface area contributed by atoms with E-state index in [0.717, 1.165) is 38.4 Å². The Labute approximate surface area is 166 Å². The van der Waals surface area contributed by atoms with Crippen LogP contribution in [0.15, 0.2) is 18.5 Å². The van der Waals surface area contributed by atoms with Crippen LogP contribution in [0.3, 0.4) is 0 Å². The van der Waals surface area contributed by atoms with Crippen molar-refractivity contribution in [3.63, 3.8) is 0 Å². The van der Waals surface area contributed by atoms with Crippen LogP contribution in [-0.4, -0.2) is 40.8 Å². The minimum Gasteiger partial charge on any atom is -0.351 e. The van der Waals surface area contributed by atoms with Gasteiger partial charge in [-0.3, -0.25) is 14.6 Å². The van der Waals surface area contributed by atoms with Crippen molar-refractivity contribution in [3.8, 4) is 0 Å². The Balaban J connectivity index is 1.45. The molecule has 2 aliphatic carbocycles. The first-order valence-corrected chi connectivity index (χ1v) is 10.8. The van der Waals surface area contributed by atoms with E-state index in [1.54, 1.807) is 0 Å². The number of pyridine rings is 1. The summed E-state index contributed by atoms with van der Waals surface area (Å²) in [6, 6.07) is 1.62. The van der Waals surface area contributed by atoms with Crippen LogP contribution in [0, 0.1) is 17.2 Å². The maximum Gasteiger partial charge on any atom is 0.254 e. The summed E-state index contributed by atoms with van der Waals surface area (Å²) in [6.45, 7) is 1.38. The molecule has 0 unspecified atom stereocenters. The molecule has 2 atom stereocenters. The van der Waals surface area contributed by atoms with Gasteiger partial charge in [-0.2, -0.15) is 0 Å². The van der Waals surface area contributed by atoms with Gasteiger partial charge in [0.1, 0.15) is 0 Å². The molecule has 3 fully saturated rings. The fourth-order valence-corrected chi connectivity index (χ4v) is 5.65. The first-order valence-electron chi connectivity index (χ1n) is 10.8. The fourth-order valence-electron chi connectivity index (χ4n) is 5.65. The summed E-state index contributed by atoms with van der Waals surface area (Å²) in [7, 11) is 0. The smallest absolute Gasteiger partial charge is 0.254 e. The summed E-state index contributed by atoms with van der Waals surface area (Å²) in [5, 5.41) is 2.97. The van der Waals surface area contributed by atoms with Crippen molar-refractivity contribution in [3.05, 3.63) is 29.8 Å². The third kappa shape index (κ3) is 3.78. The zero-order valence-electron chi connectivity index (χ0n) is 16.5. The van der Waals surface area contributed by atoms with Crippen molar-refractivity contribution >= 4 is 11.8 Å². The number of carbonyl (C=O) groups excluding carboxylic acids is 2. The zero-order chi connectivity index (χ0) is 19.6. The minimum atomic E-state index is -0.599. The normalized spacial score (nSPS) is 28.2. The molecule has 0 aromatic carbocycles. The second kappa shape index (κ2) is 8.18. The van der Waals surface area contributed by atoms with E-state index in [-0.39, 0.29) is 22.9 Å². The number of piperidine rings is 1. The molecule has 152 valence electrons. The maximum absolute atomic E-state index is 13.9. The number of hydrogen-bond acceptors (Lipinski definition) is 3. The minimum absolute atomic E-state index is 0.0342. The molecular formula is C22H30FN3O2. The van der Waals surface area contributed by atoms with Gasteiger partial charge in [0, 0.05) is 37.2 Å². The van der Waals surface area contributed by atoms with Gasteiger partial charge in [0.25, 0.3) is 5.91 Å². The van der Waals surface area contributed by atoms with Crippen molar-refractivity contribution < 1.29 is 14.0 Å². The number of nitrogens with one attached hydrogen (secondary N) is 1. The third-order valence-corrected chi connectivity index (χ3v) is 7.19. The molecule has 2 saturated carbocycles. The Bertz CT molecular complexity index is 734. The van der Waals surface area contributed by atoms with Crippen LogP contribution in [0.4, 0.5) is 4.39 Å². The number of aromatic nitrogens is 1. The Hall–Kier alpha value is -1.98. The van der Waals surface area contributed by atoms with Crippen molar-refractivity contribution in [2.75, 3.05) is 13.1 Å². The van der Waals surface area contributed by atoms with E-state index in [9.17, 15) is 14.0 Å². The number of likely N-dealkylation sites (tertiary alicyclic amines) is 1. The molecule has 1 aliphatic heterocycles. The summed E-state index contributed by atoms with van der Waals surface area (Å²) in [5.41, 5.74) is -0.0336. The second-order valence-electron chi connectivity index (χ2n) is 8.86. The summed E-state index contributed by atoms with van der Waals surface area (Å²) >= 11 is 0. The number of rotatable bonds is 5. The average molecular weight is 387 g/mol. The highest BCUT2D eigenvalue weighted by atomic mass is 19.1. The predicted molar refractivity (Wildman–Crippen MR) is 104 cm³/mol. The molecule has 1 aromatic rings. The van der Waals surface area contributed by atoms with Gasteiger partial charge in [-0.05, 0) is 44.1 Å². The van der Waals surface area contributed by atoms with Crippen LogP contribution in [0.5, 0.6) is 0 Å². The van der Waals surface area contributed by atoms with Crippen molar-refractivity contribution in [1.82, 2.24) is 15.2 Å². The van der Waals surface area contributed by atoms with Crippen LogP contribution in [0.25, 0.3) is 0 Å². The SMILES string of the molecule is O=C(NC[C@@]12CCC[C@H]1N(CC1CCCCC1)C(=O)CC2)c1ccncc1F. The van der Waals surface area contributed by atoms with Crippen molar-refractivity contribution in [2.45, 2.75) is 70.3 Å². The maximum atomic E-state index is 13.9. The van der Waals surface area contributed by atoms with E-state index < -0.39 is 11.7 Å². The molecule has 1 aromatic heterocycles. The lowest BCUT2D eigenvalue weighted by Gasteiger charge is -2.47. The standard InChI is InChI=1S/C22H30FN3O2/c23-18-13-24-12-9-17(18)21(28)25-15-22-10-4-7-19(22)26(20(27)8-11-22)14-16-5-2-1-3-6-16/h9,12-13,16,19H,1-8,10-11,14-15H2,(H,25,28)/t19-,22+/m1/s1. The molecule has 2 amide bonds. The van der Waals surface area contributed by atoms with Gasteiger partial charge in [-0.25, -0.2) is 4.39 Å². The second-order valence-corrected chi connectivity index (χ2v) is 8.86. The zero-order valence-corrected chi connectivity index (χ0v) is 16.5. The lowest BCUT2D eigenvalue weighted by Crippen LogP contribution is -2.57. The molecule has 6 heteroatoms. The quantitative estimate of drug-likeness (QED) is 0.838. The Kier molecular flexibility index (Phi) is 5.65. The molecule has 28 heavy (non-hydrogen) atoms. The number of carbonyl (C=O) groups is 2. The predicted octanol–water partition coefficient (Wildman–Crippen LogP) is 3.69. The van der Waals surface area contributed by atoms with Crippen LogP contribution in [-0.2, 0) is 4.79 Å². The van der Waals surface area contributed by atoms with Crippen molar-refractivity contribution in [2.24, 2.45) is 11.3 Å². The monoisotopic (exact) mass is 387 g/mol. The summed E-state index contributed by atoms with van der Waals surface area (Å²) in [5.74, 6) is -0.0944. The largest absolute Gasteiger partial charge is 0.351 e. The van der Waals surface area contributed by atoms with E-state index in [2.05, 4.69) is 15.2 Å². The lowest BCUT2D eigenvalue weighted by atomic mass is 9.74. The van der Waals surface area contributed by atoms with Gasteiger partial charge in [-0.15, -0.1) is 0 Å². The summed E-state index contributed by atoms with van der Waals surface area (Å²) in [6.07, 6.45) is 13.3. The van der Waals surface area contributed by atoms with E-state index in [0.29, 0.717) is 18.9 Å². The van der Waals surface area contributed by atoms with E-state index in [4.69, 9.17) is 0 Å². The van der Waals surface area contributed by atoms with Crippen LogP contribution in [0.2, 0.25) is 0 Å². The Morgan fingerprint density at radius 3 is 2.82 bits per heavy atom. The van der Waals surface area contributed by atoms with E-state index >= 15 is 0 Å². The van der Waals surface area contributed by atoms with Gasteiger partial charge in [0.2, 0.25) is 5.91 Å². The molecule has 0 spiro atoms. The number of hydrogen-bond donors (Lipinski definition) is 1. The topological polar surface area (TPSA) is 62.3 Å². The Morgan fingerprint density at radius 2 is 2.04 bits per heavy atom. The lowest BCUT2D eigenvalue weighted by molar-refractivity contribution is -0.142. The van der Waals surface area contributed by atoms with Gasteiger partial charge in [0.05, 0.1) is 11.8 Å². The highest BCUT2D eigenvalue weighted by Gasteiger charge is 2.50. The molecule has 5 nitrogen and oxygen atoms in total. The molecule has 0 bridgehead atoms. The summed E-state index contributed by atoms with van der Waals surface area (Å²) < 4.78 is 13.9. The Morgan fingerprint density at radius 1 is 1.21 bits per heavy atom. The number of fused-ring (bicyclic) bond motifs is 1. The third-order valence-electron chi connectivity index (χ3n) is 7.19. The number of amides is 2. The van der Waals surface area contributed by atoms with Crippen LogP contribution in [0.1, 0.15) is 74.6 Å². The molecule has 1 saturated heterocycles. The van der Waals surface area contributed by atoms with Gasteiger partial charge in [0.15, 0.2) is 5.82 Å². The first kappa shape index (κ1) is 19.3. The molecule has 1 N–H and O–H groups in total. The van der Waals surface area contributed by atoms with E-state index in [1.807, 2.05) is 0 Å². The molecule has 3 aliphatic rings. The molecule has 2 heterocycles. The highest BCUT2D eigenvalue weighted by molar-refractivity contribution is 5.94. The molecule has 0 radical (unpaired) electrons. The van der Waals surface area contributed by atoms with E-state index in [1.165, 1.54) is 44.4 Å². The molecular weight excluding hydrogens is 357 g/mol.